The van der Waals surface area contributed by atoms with E-state index in [1.807, 2.05) is 20.8 Å². The van der Waals surface area contributed by atoms with Gasteiger partial charge in [-0.3, -0.25) is 0 Å². The van der Waals surface area contributed by atoms with Gasteiger partial charge in [0.15, 0.2) is 0 Å². The van der Waals surface area contributed by atoms with Gasteiger partial charge in [0.2, 0.25) is 0 Å². The van der Waals surface area contributed by atoms with Crippen LogP contribution in [-0.2, 0) is 4.74 Å². The zero-order valence-electron chi connectivity index (χ0n) is 10.2. The Hall–Kier alpha value is -0.420. The molecule has 94 valence electrons. The third-order valence-electron chi connectivity index (χ3n) is 2.44. The molecule has 0 aromatic carbocycles. The normalized spacial score (nSPS) is 26.2. The fraction of sp³-hybridized carbons (Fsp3) is 0.909. The number of carbonyl (C=O) groups excluding carboxylic acids is 1. The van der Waals surface area contributed by atoms with Crippen LogP contribution in [0, 0.1) is 5.92 Å². The number of ether oxygens (including phenoxy) is 1. The maximum Gasteiger partial charge on any atom is 0.407 e. The lowest BCUT2D eigenvalue weighted by molar-refractivity contribution is 0.0478. The SMILES string of the molecule is CC(C)(C)OC(=O)NC1CSCCC1CO. The summed E-state index contributed by atoms with van der Waals surface area (Å²) in [7, 11) is 0. The minimum absolute atomic E-state index is 0.0265. The number of nitrogens with one attached hydrogen (secondary N) is 1. The number of aliphatic hydroxyl groups excluding tert-OH is 1. The van der Waals surface area contributed by atoms with Gasteiger partial charge in [0.05, 0.1) is 0 Å². The van der Waals surface area contributed by atoms with Crippen LogP contribution in [0.3, 0.4) is 0 Å². The molecule has 1 rings (SSSR count). The Morgan fingerprint density at radius 2 is 2.25 bits per heavy atom. The van der Waals surface area contributed by atoms with Crippen LogP contribution < -0.4 is 5.32 Å². The molecule has 4 nitrogen and oxygen atoms in total. The monoisotopic (exact) mass is 247 g/mol. The second-order valence-corrected chi connectivity index (χ2v) is 6.21. The van der Waals surface area contributed by atoms with E-state index in [0.717, 1.165) is 17.9 Å². The highest BCUT2D eigenvalue weighted by Gasteiger charge is 2.27. The summed E-state index contributed by atoms with van der Waals surface area (Å²) in [5.74, 6) is 2.07. The van der Waals surface area contributed by atoms with Gasteiger partial charge in [-0.15, -0.1) is 0 Å². The Morgan fingerprint density at radius 1 is 1.56 bits per heavy atom. The molecule has 0 spiro atoms. The van der Waals surface area contributed by atoms with Crippen LogP contribution in [0.5, 0.6) is 0 Å². The third-order valence-corrected chi connectivity index (χ3v) is 3.56. The smallest absolute Gasteiger partial charge is 0.407 e. The van der Waals surface area contributed by atoms with Gasteiger partial charge in [-0.05, 0) is 32.9 Å². The van der Waals surface area contributed by atoms with Crippen LogP contribution >= 0.6 is 11.8 Å². The predicted molar refractivity (Wildman–Crippen MR) is 65.7 cm³/mol. The highest BCUT2D eigenvalue weighted by Crippen LogP contribution is 2.23. The van der Waals surface area contributed by atoms with Crippen molar-refractivity contribution in [1.82, 2.24) is 5.32 Å². The molecule has 0 aromatic rings. The predicted octanol–water partition coefficient (Wildman–Crippen LogP) is 1.63. The first-order valence-corrected chi connectivity index (χ1v) is 6.76. The van der Waals surface area contributed by atoms with E-state index in [4.69, 9.17) is 4.74 Å². The van der Waals surface area contributed by atoms with Gasteiger partial charge in [0, 0.05) is 24.3 Å². The molecule has 1 fully saturated rings. The first kappa shape index (κ1) is 13.6. The Kier molecular flexibility index (Phi) is 4.92. The Balaban J connectivity index is 2.42. The summed E-state index contributed by atoms with van der Waals surface area (Å²) in [5, 5.41) is 12.0. The number of hydrogen-bond acceptors (Lipinski definition) is 4. The minimum atomic E-state index is -0.472. The van der Waals surface area contributed by atoms with Gasteiger partial charge in [0.25, 0.3) is 0 Å². The second-order valence-electron chi connectivity index (χ2n) is 5.06. The van der Waals surface area contributed by atoms with Crippen molar-refractivity contribution < 1.29 is 14.6 Å². The van der Waals surface area contributed by atoms with Crippen LogP contribution in [0.15, 0.2) is 0 Å². The number of alkyl carbamates (subject to hydrolysis) is 1. The largest absolute Gasteiger partial charge is 0.444 e. The van der Waals surface area contributed by atoms with Crippen LogP contribution in [-0.4, -0.2) is 41.0 Å². The van der Waals surface area contributed by atoms with Gasteiger partial charge in [-0.1, -0.05) is 0 Å². The number of rotatable bonds is 2. The van der Waals surface area contributed by atoms with E-state index in [1.54, 1.807) is 11.8 Å². The highest BCUT2D eigenvalue weighted by molar-refractivity contribution is 7.99. The molecule has 0 bridgehead atoms. The van der Waals surface area contributed by atoms with Crippen LogP contribution in [0.2, 0.25) is 0 Å². The number of amides is 1. The maximum absolute atomic E-state index is 11.6. The van der Waals surface area contributed by atoms with Crippen molar-refractivity contribution in [2.45, 2.75) is 38.8 Å². The van der Waals surface area contributed by atoms with Crippen LogP contribution in [0.1, 0.15) is 27.2 Å². The molecular weight excluding hydrogens is 226 g/mol. The molecule has 0 aromatic heterocycles. The van der Waals surface area contributed by atoms with Crippen molar-refractivity contribution in [3.8, 4) is 0 Å². The zero-order valence-corrected chi connectivity index (χ0v) is 11.0. The van der Waals surface area contributed by atoms with Gasteiger partial charge < -0.3 is 15.2 Å². The Labute approximate surface area is 101 Å². The average molecular weight is 247 g/mol. The summed E-state index contributed by atoms with van der Waals surface area (Å²) in [6, 6.07) is 0.0265. The summed E-state index contributed by atoms with van der Waals surface area (Å²) >= 11 is 1.80. The summed E-state index contributed by atoms with van der Waals surface area (Å²) in [6.45, 7) is 5.64. The number of carbonyl (C=O) groups is 1. The van der Waals surface area contributed by atoms with E-state index in [1.165, 1.54) is 0 Å². The molecule has 2 N–H and O–H groups in total. The van der Waals surface area contributed by atoms with Crippen molar-refractivity contribution in [3.05, 3.63) is 0 Å². The molecular formula is C11H21NO3S. The fourth-order valence-corrected chi connectivity index (χ4v) is 2.86. The van der Waals surface area contributed by atoms with Gasteiger partial charge in [-0.2, -0.15) is 11.8 Å². The van der Waals surface area contributed by atoms with Gasteiger partial charge in [0.1, 0.15) is 5.60 Å². The molecule has 2 unspecified atom stereocenters. The molecule has 1 heterocycles. The van der Waals surface area contributed by atoms with Crippen LogP contribution in [0.4, 0.5) is 4.79 Å². The Bertz CT molecular complexity index is 240. The molecule has 1 aliphatic heterocycles. The first-order valence-electron chi connectivity index (χ1n) is 5.60. The standard InChI is InChI=1S/C11H21NO3S/c1-11(2,3)15-10(14)12-9-7-16-5-4-8(9)6-13/h8-9,13H,4-7H2,1-3H3,(H,12,14). The fourth-order valence-electron chi connectivity index (χ4n) is 1.62. The summed E-state index contributed by atoms with van der Waals surface area (Å²) < 4.78 is 5.19. The lowest BCUT2D eigenvalue weighted by Gasteiger charge is -2.31. The first-order chi connectivity index (χ1) is 7.42. The van der Waals surface area contributed by atoms with E-state index >= 15 is 0 Å². The van der Waals surface area contributed by atoms with Crippen molar-refractivity contribution >= 4 is 17.9 Å². The number of hydrogen-bond donors (Lipinski definition) is 2. The van der Waals surface area contributed by atoms with Gasteiger partial charge in [-0.25, -0.2) is 4.79 Å². The quantitative estimate of drug-likeness (QED) is 0.778. The molecule has 0 saturated carbocycles. The number of aliphatic hydroxyl groups is 1. The van der Waals surface area contributed by atoms with Crippen molar-refractivity contribution in [1.29, 1.82) is 0 Å². The van der Waals surface area contributed by atoms with E-state index in [9.17, 15) is 9.90 Å². The molecule has 0 aliphatic carbocycles. The molecule has 1 aliphatic rings. The van der Waals surface area contributed by atoms with E-state index < -0.39 is 11.7 Å². The molecule has 1 saturated heterocycles. The third kappa shape index (κ3) is 4.61. The molecule has 0 radical (unpaired) electrons. The Morgan fingerprint density at radius 3 is 2.81 bits per heavy atom. The maximum atomic E-state index is 11.6. The molecule has 5 heteroatoms. The zero-order chi connectivity index (χ0) is 12.2. The molecule has 1 amide bonds. The van der Waals surface area contributed by atoms with Crippen molar-refractivity contribution in [2.75, 3.05) is 18.1 Å². The molecule has 2 atom stereocenters. The van der Waals surface area contributed by atoms with Crippen molar-refractivity contribution in [3.63, 3.8) is 0 Å². The lowest BCUT2D eigenvalue weighted by atomic mass is 9.99. The summed E-state index contributed by atoms with van der Waals surface area (Å²) in [5.41, 5.74) is -0.472. The van der Waals surface area contributed by atoms with E-state index in [-0.39, 0.29) is 18.6 Å². The van der Waals surface area contributed by atoms with E-state index in [2.05, 4.69) is 5.32 Å². The lowest BCUT2D eigenvalue weighted by Crippen LogP contribution is -2.47. The second kappa shape index (κ2) is 5.77. The average Bonchev–Trinajstić information content (AvgIpc) is 2.15. The van der Waals surface area contributed by atoms with Gasteiger partial charge >= 0.3 is 6.09 Å². The highest BCUT2D eigenvalue weighted by atomic mass is 32.2. The van der Waals surface area contributed by atoms with E-state index in [0.29, 0.717) is 0 Å². The topological polar surface area (TPSA) is 58.6 Å². The summed E-state index contributed by atoms with van der Waals surface area (Å²) in [6.07, 6.45) is 0.556. The molecule has 16 heavy (non-hydrogen) atoms. The summed E-state index contributed by atoms with van der Waals surface area (Å²) in [4.78, 5) is 11.6. The minimum Gasteiger partial charge on any atom is -0.444 e. The van der Waals surface area contributed by atoms with Crippen LogP contribution in [0.25, 0.3) is 0 Å². The van der Waals surface area contributed by atoms with Crippen molar-refractivity contribution in [2.24, 2.45) is 5.92 Å². The number of thioether (sulfide) groups is 1.